The Labute approximate surface area is 225 Å². The van der Waals surface area contributed by atoms with Crippen LogP contribution in [0.2, 0.25) is 0 Å². The summed E-state index contributed by atoms with van der Waals surface area (Å²) in [6.07, 6.45) is -4.07. The number of nitrogens with zero attached hydrogens (tertiary/aromatic N) is 1. The van der Waals surface area contributed by atoms with Gasteiger partial charge in [0.05, 0.1) is 6.10 Å². The summed E-state index contributed by atoms with van der Waals surface area (Å²) in [6.45, 7) is 11.5. The maximum absolute atomic E-state index is 13.1. The van der Waals surface area contributed by atoms with Crippen LogP contribution in [0.1, 0.15) is 60.8 Å². The number of aliphatic hydroxyl groups excluding tert-OH is 4. The molecule has 1 rings (SSSR count). The van der Waals surface area contributed by atoms with Crippen LogP contribution in [-0.4, -0.2) is 112 Å². The van der Waals surface area contributed by atoms with E-state index in [-0.39, 0.29) is 37.9 Å². The SMILES string of the molecule is CO[C@@H](C(=O)N[C@H]1CC[C@H](O)CN(CCCNC(=O)OC(C)(C)C)C1=O)[C@H](O)[C@@H](O)[C@H](O)C=CC(C)(C)C. The molecular formula is C26H47N3O9. The van der Waals surface area contributed by atoms with Crippen molar-refractivity contribution in [2.24, 2.45) is 5.41 Å². The molecule has 0 spiro atoms. The van der Waals surface area contributed by atoms with Gasteiger partial charge in [-0.05, 0) is 45.4 Å². The highest BCUT2D eigenvalue weighted by Gasteiger charge is 2.38. The van der Waals surface area contributed by atoms with E-state index >= 15 is 0 Å². The largest absolute Gasteiger partial charge is 0.444 e. The van der Waals surface area contributed by atoms with E-state index in [1.807, 2.05) is 20.8 Å². The molecule has 1 heterocycles. The highest BCUT2D eigenvalue weighted by molar-refractivity contribution is 5.90. The average molecular weight is 546 g/mol. The van der Waals surface area contributed by atoms with Crippen LogP contribution in [0, 0.1) is 5.41 Å². The first-order valence-electron chi connectivity index (χ1n) is 13.0. The highest BCUT2D eigenvalue weighted by atomic mass is 16.6. The first-order valence-corrected chi connectivity index (χ1v) is 13.0. The molecule has 1 saturated heterocycles. The summed E-state index contributed by atoms with van der Waals surface area (Å²) in [5.74, 6) is -1.27. The van der Waals surface area contributed by atoms with E-state index < -0.39 is 60.1 Å². The van der Waals surface area contributed by atoms with Gasteiger partial charge in [0.1, 0.15) is 30.0 Å². The smallest absolute Gasteiger partial charge is 0.407 e. The van der Waals surface area contributed by atoms with Crippen molar-refractivity contribution in [3.05, 3.63) is 12.2 Å². The molecule has 3 amide bonds. The fraction of sp³-hybridized carbons (Fsp3) is 0.808. The van der Waals surface area contributed by atoms with Crippen LogP contribution >= 0.6 is 0 Å². The molecule has 0 aromatic heterocycles. The van der Waals surface area contributed by atoms with Gasteiger partial charge in [-0.2, -0.15) is 0 Å². The lowest BCUT2D eigenvalue weighted by Crippen LogP contribution is -2.56. The Morgan fingerprint density at radius 3 is 2.29 bits per heavy atom. The first-order chi connectivity index (χ1) is 17.4. The Balaban J connectivity index is 2.78. The standard InChI is InChI=1S/C26H47N3O9/c1-25(2,3)12-11-18(31)19(32)20(33)21(37-7)22(34)28-17-10-9-16(30)15-29(23(17)35)14-8-13-27-24(36)38-26(4,5)6/h11-12,16-21,30-33H,8-10,13-15H2,1-7H3,(H,27,36)(H,28,34)/t16-,17-,18+,19-,20+,21+/m0/s1. The lowest BCUT2D eigenvalue weighted by Gasteiger charge is -2.29. The van der Waals surface area contributed by atoms with Crippen molar-refractivity contribution >= 4 is 17.9 Å². The molecule has 0 bridgehead atoms. The number of ether oxygens (including phenoxy) is 2. The summed E-state index contributed by atoms with van der Waals surface area (Å²) in [7, 11) is 1.17. The van der Waals surface area contributed by atoms with Crippen molar-refractivity contribution in [2.45, 2.75) is 103 Å². The Bertz CT molecular complexity index is 807. The zero-order valence-corrected chi connectivity index (χ0v) is 23.6. The zero-order chi connectivity index (χ0) is 29.3. The maximum atomic E-state index is 13.1. The predicted molar refractivity (Wildman–Crippen MR) is 140 cm³/mol. The Kier molecular flexibility index (Phi) is 13.1. The number of carbonyl (C=O) groups excluding carboxylic acids is 3. The first kappa shape index (κ1) is 33.8. The summed E-state index contributed by atoms with van der Waals surface area (Å²) < 4.78 is 10.3. The van der Waals surface area contributed by atoms with Crippen LogP contribution in [0.15, 0.2) is 12.2 Å². The molecule has 220 valence electrons. The van der Waals surface area contributed by atoms with Crippen molar-refractivity contribution in [3.8, 4) is 0 Å². The highest BCUT2D eigenvalue weighted by Crippen LogP contribution is 2.18. The van der Waals surface area contributed by atoms with Crippen LogP contribution in [0.25, 0.3) is 0 Å². The van der Waals surface area contributed by atoms with E-state index in [0.29, 0.717) is 6.42 Å². The lowest BCUT2D eigenvalue weighted by molar-refractivity contribution is -0.151. The number of likely N-dealkylation sites (tertiary alicyclic amines) is 1. The van der Waals surface area contributed by atoms with Crippen LogP contribution in [0.3, 0.4) is 0 Å². The molecule has 1 aliphatic heterocycles. The number of nitrogens with one attached hydrogen (secondary N) is 2. The molecule has 12 nitrogen and oxygen atoms in total. The van der Waals surface area contributed by atoms with Gasteiger partial charge in [0, 0.05) is 26.7 Å². The van der Waals surface area contributed by atoms with Crippen molar-refractivity contribution in [1.29, 1.82) is 0 Å². The fourth-order valence-corrected chi connectivity index (χ4v) is 3.79. The van der Waals surface area contributed by atoms with Gasteiger partial charge >= 0.3 is 6.09 Å². The number of β-amino-alcohol motifs (C(OH)–C–C–N with tert-alkyl or cyclic N) is 1. The zero-order valence-electron chi connectivity index (χ0n) is 23.6. The summed E-state index contributed by atoms with van der Waals surface area (Å²) in [5, 5.41) is 46.6. The number of hydrogen-bond acceptors (Lipinski definition) is 9. The van der Waals surface area contributed by atoms with E-state index in [9.17, 15) is 34.8 Å². The van der Waals surface area contributed by atoms with E-state index in [4.69, 9.17) is 9.47 Å². The molecule has 6 N–H and O–H groups in total. The van der Waals surface area contributed by atoms with Crippen LogP contribution in [0.5, 0.6) is 0 Å². The van der Waals surface area contributed by atoms with Gasteiger partial charge < -0.3 is 45.4 Å². The molecule has 0 unspecified atom stereocenters. The minimum absolute atomic E-state index is 0.0684. The predicted octanol–water partition coefficient (Wildman–Crippen LogP) is 0.0693. The molecule has 1 fully saturated rings. The van der Waals surface area contributed by atoms with Gasteiger partial charge in [-0.25, -0.2) is 4.79 Å². The molecule has 12 heteroatoms. The maximum Gasteiger partial charge on any atom is 0.407 e. The van der Waals surface area contributed by atoms with Crippen LogP contribution in [0.4, 0.5) is 4.79 Å². The third-order valence-corrected chi connectivity index (χ3v) is 5.73. The normalized spacial score (nSPS) is 22.4. The van der Waals surface area contributed by atoms with Gasteiger partial charge in [-0.1, -0.05) is 32.9 Å². The molecular weight excluding hydrogens is 498 g/mol. The molecule has 0 aliphatic carbocycles. The molecule has 0 aromatic rings. The monoisotopic (exact) mass is 545 g/mol. The number of allylic oxidation sites excluding steroid dienone is 1. The molecule has 38 heavy (non-hydrogen) atoms. The summed E-state index contributed by atoms with van der Waals surface area (Å²) >= 11 is 0. The van der Waals surface area contributed by atoms with Crippen LogP contribution in [-0.2, 0) is 19.1 Å². The van der Waals surface area contributed by atoms with Crippen molar-refractivity contribution in [3.63, 3.8) is 0 Å². The lowest BCUT2D eigenvalue weighted by atomic mass is 9.94. The molecule has 0 radical (unpaired) electrons. The second-order valence-corrected chi connectivity index (χ2v) is 11.7. The van der Waals surface area contributed by atoms with Gasteiger partial charge in [-0.3, -0.25) is 9.59 Å². The molecule has 0 saturated carbocycles. The Hall–Kier alpha value is -2.25. The number of amides is 3. The van der Waals surface area contributed by atoms with Gasteiger partial charge in [-0.15, -0.1) is 0 Å². The van der Waals surface area contributed by atoms with E-state index in [1.54, 1.807) is 26.8 Å². The van der Waals surface area contributed by atoms with Crippen molar-refractivity contribution in [2.75, 3.05) is 26.7 Å². The Morgan fingerprint density at radius 1 is 1.11 bits per heavy atom. The summed E-state index contributed by atoms with van der Waals surface area (Å²) in [6, 6.07) is -0.994. The third-order valence-electron chi connectivity index (χ3n) is 5.73. The molecule has 1 aliphatic rings. The van der Waals surface area contributed by atoms with Crippen LogP contribution < -0.4 is 10.6 Å². The minimum atomic E-state index is -1.78. The summed E-state index contributed by atoms with van der Waals surface area (Å²) in [4.78, 5) is 39.3. The second kappa shape index (κ2) is 14.8. The number of hydrogen-bond donors (Lipinski definition) is 6. The molecule has 6 atom stereocenters. The average Bonchev–Trinajstić information content (AvgIpc) is 2.92. The van der Waals surface area contributed by atoms with Crippen molar-refractivity contribution < 1.29 is 44.3 Å². The van der Waals surface area contributed by atoms with E-state index in [2.05, 4.69) is 10.6 Å². The van der Waals surface area contributed by atoms with E-state index in [0.717, 1.165) is 0 Å². The fourth-order valence-electron chi connectivity index (χ4n) is 3.79. The number of carbonyl (C=O) groups is 3. The number of aliphatic hydroxyl groups is 4. The Morgan fingerprint density at radius 2 is 1.74 bits per heavy atom. The topological polar surface area (TPSA) is 178 Å². The van der Waals surface area contributed by atoms with E-state index in [1.165, 1.54) is 18.1 Å². The molecule has 0 aromatic carbocycles. The number of rotatable bonds is 11. The third kappa shape index (κ3) is 12.1. The van der Waals surface area contributed by atoms with Gasteiger partial charge in [0.15, 0.2) is 6.10 Å². The summed E-state index contributed by atoms with van der Waals surface area (Å²) in [5.41, 5.74) is -0.906. The number of alkyl carbamates (subject to hydrolysis) is 1. The number of methoxy groups -OCH3 is 1. The van der Waals surface area contributed by atoms with Gasteiger partial charge in [0.2, 0.25) is 5.91 Å². The minimum Gasteiger partial charge on any atom is -0.444 e. The quantitative estimate of drug-likeness (QED) is 0.155. The van der Waals surface area contributed by atoms with Crippen molar-refractivity contribution in [1.82, 2.24) is 15.5 Å². The van der Waals surface area contributed by atoms with Gasteiger partial charge in [0.25, 0.3) is 5.91 Å². The second-order valence-electron chi connectivity index (χ2n) is 11.7.